The predicted molar refractivity (Wildman–Crippen MR) is 142 cm³/mol. The van der Waals surface area contributed by atoms with Gasteiger partial charge in [-0.25, -0.2) is 0 Å². The largest absolute Gasteiger partial charge is 0.497 e. The fourth-order valence-electron chi connectivity index (χ4n) is 7.42. The number of carbonyl (C=O) groups excluding carboxylic acids is 1. The number of rotatable bonds is 7. The van der Waals surface area contributed by atoms with Gasteiger partial charge < -0.3 is 24.6 Å². The standard InChI is InChI=1S/C31H41NO5/c1-30-16-15-27-31(2,20-36-29(37-27)17-21-7-5-4-6-8-21)26(30)14-13-25(33)24(30)18-28(34)32-19-22-9-11-23(35-3)12-10-22/h4-12,24-27,29,33H,13-20H2,1-3H3,(H,32,34)/t24-,25-,26-,27-,29-,30+,31-/m1/s1. The third kappa shape index (κ3) is 5.29. The highest BCUT2D eigenvalue weighted by Crippen LogP contribution is 2.62. The topological polar surface area (TPSA) is 77.0 Å². The summed E-state index contributed by atoms with van der Waals surface area (Å²) in [4.78, 5) is 13.1. The molecule has 0 radical (unpaired) electrons. The fraction of sp³-hybridized carbons (Fsp3) is 0.581. The van der Waals surface area contributed by atoms with Crippen molar-refractivity contribution in [3.05, 3.63) is 65.7 Å². The molecule has 6 nitrogen and oxygen atoms in total. The second-order valence-corrected chi connectivity index (χ2v) is 11.7. The Morgan fingerprint density at radius 1 is 1.03 bits per heavy atom. The molecule has 1 heterocycles. The number of nitrogens with one attached hydrogen (secondary N) is 1. The maximum absolute atomic E-state index is 13.1. The van der Waals surface area contributed by atoms with Gasteiger partial charge in [0.1, 0.15) is 5.75 Å². The number of carbonyl (C=O) groups is 1. The SMILES string of the molecule is COc1ccc(CNC(=O)C[C@@H]2[C@H](O)CC[C@@H]3[C@@]2(C)CC[C@H]2O[C@H](Cc4ccccc4)OC[C@]32C)cc1. The van der Waals surface area contributed by atoms with Gasteiger partial charge in [-0.05, 0) is 66.2 Å². The molecule has 0 bridgehead atoms. The number of hydrogen-bond donors (Lipinski definition) is 2. The highest BCUT2D eigenvalue weighted by atomic mass is 16.7. The number of ether oxygens (including phenoxy) is 3. The Hall–Kier alpha value is -2.41. The van der Waals surface area contributed by atoms with Gasteiger partial charge in [0.05, 0.1) is 25.9 Å². The van der Waals surface area contributed by atoms with Gasteiger partial charge in [0, 0.05) is 24.8 Å². The predicted octanol–water partition coefficient (Wildman–Crippen LogP) is 4.88. The first kappa shape index (κ1) is 26.2. The van der Waals surface area contributed by atoms with Crippen molar-refractivity contribution < 1.29 is 24.1 Å². The van der Waals surface area contributed by atoms with Gasteiger partial charge >= 0.3 is 0 Å². The first-order valence-electron chi connectivity index (χ1n) is 13.7. The number of amides is 1. The average molecular weight is 508 g/mol. The lowest BCUT2D eigenvalue weighted by molar-refractivity contribution is -0.308. The van der Waals surface area contributed by atoms with E-state index >= 15 is 0 Å². The zero-order chi connectivity index (χ0) is 26.0. The summed E-state index contributed by atoms with van der Waals surface area (Å²) in [7, 11) is 1.64. The Bertz CT molecular complexity index is 1060. The van der Waals surface area contributed by atoms with Crippen molar-refractivity contribution >= 4 is 5.91 Å². The lowest BCUT2D eigenvalue weighted by atomic mass is 9.46. The molecule has 7 atom stereocenters. The maximum atomic E-state index is 13.1. The molecular formula is C31H41NO5. The lowest BCUT2D eigenvalue weighted by Crippen LogP contribution is -2.63. The molecular weight excluding hydrogens is 466 g/mol. The van der Waals surface area contributed by atoms with E-state index in [1.165, 1.54) is 5.56 Å². The van der Waals surface area contributed by atoms with E-state index in [-0.39, 0.29) is 35.0 Å². The molecule has 1 aliphatic heterocycles. The number of fused-ring (bicyclic) bond motifs is 3. The maximum Gasteiger partial charge on any atom is 0.220 e. The summed E-state index contributed by atoms with van der Waals surface area (Å²) in [5, 5.41) is 14.2. The van der Waals surface area contributed by atoms with Crippen LogP contribution in [0.4, 0.5) is 0 Å². The quantitative estimate of drug-likeness (QED) is 0.559. The summed E-state index contributed by atoms with van der Waals surface area (Å²) in [6, 6.07) is 18.1. The van der Waals surface area contributed by atoms with E-state index in [1.54, 1.807) is 7.11 Å². The van der Waals surface area contributed by atoms with Gasteiger partial charge in [-0.2, -0.15) is 0 Å². The zero-order valence-corrected chi connectivity index (χ0v) is 22.3. The van der Waals surface area contributed by atoms with E-state index in [1.807, 2.05) is 30.3 Å². The third-order valence-corrected chi connectivity index (χ3v) is 9.53. The molecule has 5 rings (SSSR count). The van der Waals surface area contributed by atoms with E-state index in [0.29, 0.717) is 31.9 Å². The third-order valence-electron chi connectivity index (χ3n) is 9.53. The summed E-state index contributed by atoms with van der Waals surface area (Å²) in [6.45, 7) is 5.72. The molecule has 3 aliphatic rings. The average Bonchev–Trinajstić information content (AvgIpc) is 2.90. The minimum atomic E-state index is -0.468. The van der Waals surface area contributed by atoms with Crippen LogP contribution in [-0.2, 0) is 27.2 Å². The molecule has 6 heteroatoms. The monoisotopic (exact) mass is 507 g/mol. The summed E-state index contributed by atoms with van der Waals surface area (Å²) in [5.41, 5.74) is 1.98. The molecule has 2 aliphatic carbocycles. The second kappa shape index (κ2) is 10.8. The molecule has 200 valence electrons. The number of benzene rings is 2. The highest BCUT2D eigenvalue weighted by Gasteiger charge is 2.61. The normalized spacial score (nSPS) is 35.2. The summed E-state index contributed by atoms with van der Waals surface area (Å²) < 4.78 is 18.1. The number of aliphatic hydroxyl groups excluding tert-OH is 1. The Balaban J connectivity index is 1.24. The van der Waals surface area contributed by atoms with E-state index in [4.69, 9.17) is 14.2 Å². The van der Waals surface area contributed by atoms with Crippen molar-refractivity contribution in [1.29, 1.82) is 0 Å². The van der Waals surface area contributed by atoms with Crippen LogP contribution in [0.15, 0.2) is 54.6 Å². The molecule has 1 amide bonds. The summed E-state index contributed by atoms with van der Waals surface area (Å²) in [5.74, 6) is 1.04. The first-order chi connectivity index (χ1) is 17.8. The lowest BCUT2D eigenvalue weighted by Gasteiger charge is -2.63. The molecule has 37 heavy (non-hydrogen) atoms. The van der Waals surface area contributed by atoms with Gasteiger partial charge in [0.25, 0.3) is 0 Å². The van der Waals surface area contributed by atoms with Gasteiger partial charge in [-0.1, -0.05) is 56.3 Å². The van der Waals surface area contributed by atoms with Crippen LogP contribution < -0.4 is 10.1 Å². The highest BCUT2D eigenvalue weighted by molar-refractivity contribution is 5.76. The molecule has 0 aromatic heterocycles. The van der Waals surface area contributed by atoms with Crippen molar-refractivity contribution in [3.8, 4) is 5.75 Å². The number of aliphatic hydroxyl groups is 1. The van der Waals surface area contributed by atoms with E-state index in [2.05, 4.69) is 43.4 Å². The van der Waals surface area contributed by atoms with Crippen molar-refractivity contribution in [3.63, 3.8) is 0 Å². The van der Waals surface area contributed by atoms with Crippen LogP contribution in [0, 0.1) is 22.7 Å². The van der Waals surface area contributed by atoms with Crippen LogP contribution in [0.1, 0.15) is 57.1 Å². The molecule has 0 unspecified atom stereocenters. The molecule has 2 saturated carbocycles. The Morgan fingerprint density at radius 3 is 2.51 bits per heavy atom. The van der Waals surface area contributed by atoms with Gasteiger partial charge in [-0.3, -0.25) is 4.79 Å². The van der Waals surface area contributed by atoms with Crippen molar-refractivity contribution in [2.75, 3.05) is 13.7 Å². The molecule has 2 aromatic rings. The minimum absolute atomic E-state index is 0.00640. The zero-order valence-electron chi connectivity index (χ0n) is 22.3. The number of methoxy groups -OCH3 is 1. The van der Waals surface area contributed by atoms with Gasteiger partial charge in [-0.15, -0.1) is 0 Å². The van der Waals surface area contributed by atoms with Crippen LogP contribution >= 0.6 is 0 Å². The van der Waals surface area contributed by atoms with E-state index in [0.717, 1.165) is 37.0 Å². The Kier molecular flexibility index (Phi) is 7.62. The second-order valence-electron chi connectivity index (χ2n) is 11.7. The number of hydrogen-bond acceptors (Lipinski definition) is 5. The minimum Gasteiger partial charge on any atom is -0.497 e. The van der Waals surface area contributed by atoms with Crippen LogP contribution in [0.25, 0.3) is 0 Å². The van der Waals surface area contributed by atoms with E-state index in [9.17, 15) is 9.90 Å². The van der Waals surface area contributed by atoms with Crippen LogP contribution in [0.3, 0.4) is 0 Å². The smallest absolute Gasteiger partial charge is 0.220 e. The molecule has 1 saturated heterocycles. The molecule has 0 spiro atoms. The van der Waals surface area contributed by atoms with Crippen LogP contribution in [0.5, 0.6) is 5.75 Å². The Labute approximate surface area is 220 Å². The molecule has 2 N–H and O–H groups in total. The summed E-state index contributed by atoms with van der Waals surface area (Å²) in [6.07, 6.45) is 4.06. The fourth-order valence-corrected chi connectivity index (χ4v) is 7.42. The van der Waals surface area contributed by atoms with Gasteiger partial charge in [0.2, 0.25) is 5.91 Å². The molecule has 3 fully saturated rings. The van der Waals surface area contributed by atoms with Crippen molar-refractivity contribution in [1.82, 2.24) is 5.32 Å². The van der Waals surface area contributed by atoms with Gasteiger partial charge in [0.15, 0.2) is 6.29 Å². The first-order valence-corrected chi connectivity index (χ1v) is 13.7. The van der Waals surface area contributed by atoms with Crippen LogP contribution in [-0.4, -0.2) is 43.2 Å². The van der Waals surface area contributed by atoms with Crippen molar-refractivity contribution in [2.45, 2.75) is 77.4 Å². The summed E-state index contributed by atoms with van der Waals surface area (Å²) >= 11 is 0. The van der Waals surface area contributed by atoms with Crippen molar-refractivity contribution in [2.24, 2.45) is 22.7 Å². The van der Waals surface area contributed by atoms with E-state index < -0.39 is 6.10 Å². The molecule has 2 aromatic carbocycles. The Morgan fingerprint density at radius 2 is 1.78 bits per heavy atom. The van der Waals surface area contributed by atoms with Crippen LogP contribution in [0.2, 0.25) is 0 Å².